The predicted molar refractivity (Wildman–Crippen MR) is 199 cm³/mol. The average molecular weight is 882 g/mol. The Balaban J connectivity index is 1.33. The summed E-state index contributed by atoms with van der Waals surface area (Å²) in [6.07, 6.45) is -6.06. The van der Waals surface area contributed by atoms with Gasteiger partial charge in [0.25, 0.3) is 24.3 Å². The first-order chi connectivity index (χ1) is 28.2. The minimum atomic E-state index is -3.95. The van der Waals surface area contributed by atoms with E-state index in [9.17, 15) is 44.3 Å². The first kappa shape index (κ1) is 40.9. The molecule has 1 fully saturated rings. The molecule has 60 heavy (non-hydrogen) atoms. The summed E-state index contributed by atoms with van der Waals surface area (Å²) in [7, 11) is -2.57. The van der Waals surface area contributed by atoms with Crippen LogP contribution >= 0.6 is 11.6 Å². The Labute approximate surface area is 338 Å². The summed E-state index contributed by atoms with van der Waals surface area (Å²) in [5, 5.41) is 10.4. The lowest BCUT2D eigenvalue weighted by molar-refractivity contribution is -0.123. The third-order valence-corrected chi connectivity index (χ3v) is 11.0. The molecule has 0 spiro atoms. The molecule has 2 aliphatic rings. The van der Waals surface area contributed by atoms with Crippen LogP contribution in [-0.2, 0) is 40.8 Å². The number of rotatable bonds is 12. The molecule has 2 aliphatic carbocycles. The van der Waals surface area contributed by atoms with Crippen LogP contribution < -0.4 is 15.6 Å². The fourth-order valence-electron chi connectivity index (χ4n) is 7.73. The van der Waals surface area contributed by atoms with Crippen LogP contribution in [0.2, 0.25) is 5.02 Å². The van der Waals surface area contributed by atoms with Crippen LogP contribution in [0.25, 0.3) is 28.0 Å². The lowest BCUT2D eigenvalue weighted by Gasteiger charge is -2.24. The molecule has 1 amide bonds. The van der Waals surface area contributed by atoms with Crippen LogP contribution in [0.3, 0.4) is 0 Å². The number of nitrogens with one attached hydrogen (secondary N) is 2. The number of carbonyl (C=O) groups is 1. The topological polar surface area (TPSA) is 159 Å². The molecule has 4 aromatic heterocycles. The van der Waals surface area contributed by atoms with Crippen molar-refractivity contribution >= 4 is 44.3 Å². The van der Waals surface area contributed by atoms with Crippen molar-refractivity contribution in [2.24, 2.45) is 13.0 Å². The van der Waals surface area contributed by atoms with E-state index in [1.165, 1.54) is 36.0 Å². The van der Waals surface area contributed by atoms with E-state index in [2.05, 4.69) is 30.2 Å². The minimum absolute atomic E-state index is 0.00976. The molecule has 23 heteroatoms. The van der Waals surface area contributed by atoms with Gasteiger partial charge in [-0.1, -0.05) is 17.7 Å². The van der Waals surface area contributed by atoms with E-state index < -0.39 is 106 Å². The molecule has 0 saturated heterocycles. The number of sulfonamides is 1. The molecule has 314 valence electrons. The van der Waals surface area contributed by atoms with E-state index in [0.29, 0.717) is 10.7 Å². The maximum absolute atomic E-state index is 15.4. The molecule has 3 atom stereocenters. The number of anilines is 1. The number of aromatic nitrogens is 7. The smallest absolute Gasteiger partial charge is 0.293 e. The lowest BCUT2D eigenvalue weighted by atomic mass is 10.0. The molecular weight excluding hydrogens is 854 g/mol. The van der Waals surface area contributed by atoms with E-state index in [1.54, 1.807) is 0 Å². The zero-order chi connectivity index (χ0) is 43.2. The second-order valence-corrected chi connectivity index (χ2v) is 16.5. The number of hydrogen-bond acceptors (Lipinski definition) is 8. The van der Waals surface area contributed by atoms with E-state index in [0.717, 1.165) is 35.1 Å². The zero-order valence-corrected chi connectivity index (χ0v) is 32.4. The number of nitrogens with zero attached hydrogens (tertiary/aromatic N) is 7. The standard InChI is InChI=1S/C37H28ClF8N9O4S/c1-53-31-25(7-6-20(38)29(31)35(51-53)52-60(2,58)59)55-27(57)13-23(21-4-3-5-22(47-21)33(41)42)49-36(55)24(10-15-8-16(39)11-17(40)9-15)48-26(56)14-54-32-28(30(50-54)34(43)44)18-12-19(18)37(32,45)46/h3-9,11,13,18-19,24,33-34H,10,12,14H2,1-2H3,(H,48,56)(H,51,52)/t18-,19+,24-/m0/s1. The lowest BCUT2D eigenvalue weighted by Crippen LogP contribution is -2.38. The van der Waals surface area contributed by atoms with Crippen LogP contribution in [-0.4, -0.2) is 54.7 Å². The molecule has 6 aromatic rings. The van der Waals surface area contributed by atoms with Crippen molar-refractivity contribution in [2.75, 3.05) is 11.0 Å². The Morgan fingerprint density at radius 3 is 2.37 bits per heavy atom. The van der Waals surface area contributed by atoms with Crippen molar-refractivity contribution in [2.45, 2.75) is 50.1 Å². The Morgan fingerprint density at radius 2 is 1.70 bits per heavy atom. The fraction of sp³-hybridized carbons (Fsp3) is 0.297. The summed E-state index contributed by atoms with van der Waals surface area (Å²) < 4.78 is 145. The zero-order valence-electron chi connectivity index (χ0n) is 30.8. The van der Waals surface area contributed by atoms with Crippen LogP contribution in [0.15, 0.2) is 59.4 Å². The predicted octanol–water partition coefficient (Wildman–Crippen LogP) is 6.87. The highest BCUT2D eigenvalue weighted by Crippen LogP contribution is 2.68. The molecule has 8 rings (SSSR count). The maximum Gasteiger partial charge on any atom is 0.293 e. The van der Waals surface area contributed by atoms with E-state index in [1.807, 2.05) is 0 Å². The van der Waals surface area contributed by atoms with Crippen molar-refractivity contribution in [1.82, 2.24) is 39.4 Å². The quantitative estimate of drug-likeness (QED) is 0.126. The first-order valence-corrected chi connectivity index (χ1v) is 20.0. The van der Waals surface area contributed by atoms with Crippen molar-refractivity contribution in [3.8, 4) is 17.1 Å². The molecule has 0 bridgehead atoms. The highest BCUT2D eigenvalue weighted by Gasteiger charge is 2.67. The number of aryl methyl sites for hydroxylation is 1. The largest absolute Gasteiger partial charge is 0.344 e. The van der Waals surface area contributed by atoms with Crippen molar-refractivity contribution in [3.63, 3.8) is 0 Å². The summed E-state index contributed by atoms with van der Waals surface area (Å²) >= 11 is 6.53. The summed E-state index contributed by atoms with van der Waals surface area (Å²) in [4.78, 5) is 36.9. The van der Waals surface area contributed by atoms with Gasteiger partial charge in [0.2, 0.25) is 15.9 Å². The van der Waals surface area contributed by atoms with Gasteiger partial charge in [-0.25, -0.2) is 44.7 Å². The van der Waals surface area contributed by atoms with Gasteiger partial charge in [0.15, 0.2) is 5.82 Å². The van der Waals surface area contributed by atoms with Crippen LogP contribution in [0.5, 0.6) is 0 Å². The number of hydrogen-bond donors (Lipinski definition) is 2. The Morgan fingerprint density at radius 1 is 0.983 bits per heavy atom. The molecule has 4 heterocycles. The van der Waals surface area contributed by atoms with Gasteiger partial charge in [0.05, 0.1) is 45.3 Å². The summed E-state index contributed by atoms with van der Waals surface area (Å²) in [6, 6.07) is 7.70. The Bertz CT molecular complexity index is 2900. The van der Waals surface area contributed by atoms with Gasteiger partial charge in [0, 0.05) is 37.1 Å². The molecule has 0 aliphatic heterocycles. The van der Waals surface area contributed by atoms with Crippen LogP contribution in [0.4, 0.5) is 40.9 Å². The van der Waals surface area contributed by atoms with Crippen molar-refractivity contribution in [3.05, 3.63) is 116 Å². The SMILES string of the molecule is Cn1nc(NS(C)(=O)=O)c2c(Cl)ccc(-n3c([C@H](Cc4cc(F)cc(F)c4)NC(=O)Cn4nc(C(F)F)c5c4C(F)(F)[C@@H]4C[C@H]54)nc(-c4cccc(C(F)F)n4)cc3=O)c21. The van der Waals surface area contributed by atoms with Crippen LogP contribution in [0, 0.1) is 17.6 Å². The maximum atomic E-state index is 15.4. The number of alkyl halides is 6. The van der Waals surface area contributed by atoms with Crippen molar-refractivity contribution < 1.29 is 48.3 Å². The molecule has 0 radical (unpaired) electrons. The summed E-state index contributed by atoms with van der Waals surface area (Å²) in [5.74, 6) is -9.66. The highest BCUT2D eigenvalue weighted by atomic mass is 35.5. The monoisotopic (exact) mass is 881 g/mol. The number of amides is 1. The molecule has 1 saturated carbocycles. The molecule has 0 unspecified atom stereocenters. The number of carbonyl (C=O) groups excluding carboxylic acids is 1. The van der Waals surface area contributed by atoms with Gasteiger partial charge in [0.1, 0.15) is 41.1 Å². The molecular formula is C37H28ClF8N9O4S. The van der Waals surface area contributed by atoms with Gasteiger partial charge in [-0.15, -0.1) is 0 Å². The van der Waals surface area contributed by atoms with Gasteiger partial charge in [-0.05, 0) is 54.3 Å². The van der Waals surface area contributed by atoms with Gasteiger partial charge >= 0.3 is 0 Å². The molecule has 13 nitrogen and oxygen atoms in total. The second kappa shape index (κ2) is 14.7. The van der Waals surface area contributed by atoms with E-state index in [-0.39, 0.29) is 56.4 Å². The van der Waals surface area contributed by atoms with E-state index in [4.69, 9.17) is 11.6 Å². The van der Waals surface area contributed by atoms with Gasteiger partial charge in [-0.2, -0.15) is 19.0 Å². The highest BCUT2D eigenvalue weighted by molar-refractivity contribution is 7.92. The van der Waals surface area contributed by atoms with Crippen LogP contribution in [0.1, 0.15) is 65.3 Å². The number of benzene rings is 2. The number of fused-ring (bicyclic) bond motifs is 4. The summed E-state index contributed by atoms with van der Waals surface area (Å²) in [6.45, 7) is -1.06. The normalized spacial score (nSPS) is 17.3. The first-order valence-electron chi connectivity index (χ1n) is 17.8. The van der Waals surface area contributed by atoms with E-state index >= 15 is 8.78 Å². The second-order valence-electron chi connectivity index (χ2n) is 14.3. The molecule has 2 N–H and O–H groups in total. The van der Waals surface area contributed by atoms with Crippen molar-refractivity contribution in [1.29, 1.82) is 0 Å². The fourth-order valence-corrected chi connectivity index (χ4v) is 8.47. The summed E-state index contributed by atoms with van der Waals surface area (Å²) in [5.41, 5.74) is -4.52. The van der Waals surface area contributed by atoms with Gasteiger partial charge in [-0.3, -0.25) is 28.2 Å². The number of halogens is 9. The Hall–Kier alpha value is -5.90. The minimum Gasteiger partial charge on any atom is -0.344 e. The van der Waals surface area contributed by atoms with Gasteiger partial charge < -0.3 is 5.32 Å². The number of pyridine rings is 1. The Kier molecular flexibility index (Phi) is 9.99. The molecule has 2 aromatic carbocycles. The third kappa shape index (κ3) is 7.34. The average Bonchev–Trinajstić information content (AvgIpc) is 3.69. The third-order valence-electron chi connectivity index (χ3n) is 10.1.